The summed E-state index contributed by atoms with van der Waals surface area (Å²) in [4.78, 5) is 7.93. The van der Waals surface area contributed by atoms with Gasteiger partial charge >= 0.3 is 0 Å². The first-order valence-electron chi connectivity index (χ1n) is 7.21. The van der Waals surface area contributed by atoms with Crippen LogP contribution in [0.5, 0.6) is 0 Å². The number of nitrogens with zero attached hydrogens (tertiary/aromatic N) is 3. The van der Waals surface area contributed by atoms with Crippen LogP contribution in [0.1, 0.15) is 29.4 Å². The van der Waals surface area contributed by atoms with Crippen LogP contribution in [0.4, 0.5) is 0 Å². The van der Waals surface area contributed by atoms with Crippen molar-refractivity contribution in [1.29, 1.82) is 0 Å². The molecule has 2 aromatic heterocycles. The van der Waals surface area contributed by atoms with Crippen LogP contribution in [0.25, 0.3) is 0 Å². The summed E-state index contributed by atoms with van der Waals surface area (Å²) in [6.45, 7) is 3.58. The van der Waals surface area contributed by atoms with Crippen LogP contribution in [-0.2, 0) is 24.4 Å². The van der Waals surface area contributed by atoms with Crippen LogP contribution >= 0.6 is 23.7 Å². The summed E-state index contributed by atoms with van der Waals surface area (Å²) in [6.07, 6.45) is 2.59. The molecule has 3 rings (SSSR count). The molecule has 0 saturated carbocycles. The van der Waals surface area contributed by atoms with Gasteiger partial charge < -0.3 is 15.0 Å². The third kappa shape index (κ3) is 4.76. The van der Waals surface area contributed by atoms with Gasteiger partial charge in [-0.3, -0.25) is 4.90 Å². The van der Waals surface area contributed by atoms with Gasteiger partial charge in [-0.15, -0.1) is 23.7 Å². The minimum atomic E-state index is 0. The number of rotatable bonds is 7. The number of nitrogens with two attached hydrogens (primary N) is 1. The van der Waals surface area contributed by atoms with E-state index >= 15 is 0 Å². The molecule has 1 unspecified atom stereocenters. The van der Waals surface area contributed by atoms with E-state index in [2.05, 4.69) is 32.6 Å². The molecule has 1 fully saturated rings. The lowest BCUT2D eigenvalue weighted by atomic mass is 10.2. The summed E-state index contributed by atoms with van der Waals surface area (Å²) in [6, 6.07) is 4.22. The molecule has 2 N–H and O–H groups in total. The summed E-state index contributed by atoms with van der Waals surface area (Å²) >= 11 is 1.76. The molecule has 1 aliphatic rings. The van der Waals surface area contributed by atoms with Crippen molar-refractivity contribution in [2.24, 2.45) is 5.73 Å². The van der Waals surface area contributed by atoms with E-state index in [0.29, 0.717) is 24.4 Å². The first-order chi connectivity index (χ1) is 10.3. The summed E-state index contributed by atoms with van der Waals surface area (Å²) in [7, 11) is 0. The molecule has 3 heterocycles. The molecule has 122 valence electrons. The van der Waals surface area contributed by atoms with Crippen molar-refractivity contribution in [2.75, 3.05) is 13.2 Å². The van der Waals surface area contributed by atoms with Crippen LogP contribution in [0, 0.1) is 0 Å². The van der Waals surface area contributed by atoms with E-state index in [-0.39, 0.29) is 19.0 Å². The van der Waals surface area contributed by atoms with Gasteiger partial charge in [0, 0.05) is 24.6 Å². The number of thiophene rings is 1. The van der Waals surface area contributed by atoms with Crippen LogP contribution in [0.2, 0.25) is 0 Å². The average Bonchev–Trinajstić information content (AvgIpc) is 3.20. The number of ether oxygens (including phenoxy) is 1. The van der Waals surface area contributed by atoms with Crippen molar-refractivity contribution in [3.8, 4) is 0 Å². The first kappa shape index (κ1) is 17.4. The van der Waals surface area contributed by atoms with E-state index in [1.165, 1.54) is 4.88 Å². The minimum Gasteiger partial charge on any atom is -0.377 e. The number of hydrogen-bond acceptors (Lipinski definition) is 7. The second-order valence-corrected chi connectivity index (χ2v) is 6.22. The third-order valence-electron chi connectivity index (χ3n) is 3.50. The predicted octanol–water partition coefficient (Wildman–Crippen LogP) is 2.19. The second-order valence-electron chi connectivity index (χ2n) is 5.19. The quantitative estimate of drug-likeness (QED) is 0.829. The fourth-order valence-electron chi connectivity index (χ4n) is 2.52. The van der Waals surface area contributed by atoms with E-state index in [4.69, 9.17) is 15.0 Å². The largest absolute Gasteiger partial charge is 0.377 e. The van der Waals surface area contributed by atoms with Crippen molar-refractivity contribution in [2.45, 2.75) is 38.6 Å². The van der Waals surface area contributed by atoms with E-state index < -0.39 is 0 Å². The zero-order valence-corrected chi connectivity index (χ0v) is 13.9. The van der Waals surface area contributed by atoms with E-state index in [0.717, 1.165) is 32.5 Å². The third-order valence-corrected chi connectivity index (χ3v) is 4.36. The van der Waals surface area contributed by atoms with Gasteiger partial charge in [0.15, 0.2) is 5.82 Å². The fourth-order valence-corrected chi connectivity index (χ4v) is 3.27. The lowest BCUT2D eigenvalue weighted by molar-refractivity contribution is 0.0671. The molecular formula is C14H21ClN4O2S. The highest BCUT2D eigenvalue weighted by molar-refractivity contribution is 7.09. The Morgan fingerprint density at radius 1 is 1.41 bits per heavy atom. The molecule has 8 heteroatoms. The molecule has 1 aliphatic heterocycles. The number of aromatic nitrogens is 2. The SMILES string of the molecule is Cl.NCc1nc(CN(Cc2cccs2)CC2CCCO2)no1. The highest BCUT2D eigenvalue weighted by Crippen LogP contribution is 2.18. The molecular weight excluding hydrogens is 324 g/mol. The molecule has 6 nitrogen and oxygen atoms in total. The van der Waals surface area contributed by atoms with E-state index in [1.54, 1.807) is 11.3 Å². The van der Waals surface area contributed by atoms with Crippen molar-refractivity contribution in [3.05, 3.63) is 34.1 Å². The molecule has 0 radical (unpaired) electrons. The Balaban J connectivity index is 0.00000176. The molecule has 0 aliphatic carbocycles. The monoisotopic (exact) mass is 344 g/mol. The van der Waals surface area contributed by atoms with Crippen LogP contribution < -0.4 is 5.73 Å². The van der Waals surface area contributed by atoms with Crippen LogP contribution in [-0.4, -0.2) is 34.3 Å². The second kappa shape index (κ2) is 8.59. The highest BCUT2D eigenvalue weighted by atomic mass is 35.5. The molecule has 1 atom stereocenters. The Hall–Kier alpha value is -0.990. The summed E-state index contributed by atoms with van der Waals surface area (Å²) in [5, 5.41) is 6.08. The summed E-state index contributed by atoms with van der Waals surface area (Å²) in [5.74, 6) is 1.17. The summed E-state index contributed by atoms with van der Waals surface area (Å²) < 4.78 is 10.8. The maximum absolute atomic E-state index is 5.74. The Morgan fingerprint density at radius 2 is 2.32 bits per heavy atom. The molecule has 0 bridgehead atoms. The van der Waals surface area contributed by atoms with Gasteiger partial charge in [0.05, 0.1) is 19.2 Å². The Labute approximate surface area is 140 Å². The number of hydrogen-bond donors (Lipinski definition) is 1. The maximum atomic E-state index is 5.74. The normalized spacial score (nSPS) is 17.8. The lowest BCUT2D eigenvalue weighted by Crippen LogP contribution is -2.31. The minimum absolute atomic E-state index is 0. The Bertz CT molecular complexity index is 543. The van der Waals surface area contributed by atoms with Crippen LogP contribution in [0.3, 0.4) is 0 Å². The smallest absolute Gasteiger partial charge is 0.240 e. The molecule has 0 aromatic carbocycles. The van der Waals surface area contributed by atoms with Gasteiger partial charge in [-0.25, -0.2) is 0 Å². The van der Waals surface area contributed by atoms with Crippen molar-refractivity contribution >= 4 is 23.7 Å². The Kier molecular flexibility index (Phi) is 6.78. The van der Waals surface area contributed by atoms with Crippen LogP contribution in [0.15, 0.2) is 22.0 Å². The molecule has 22 heavy (non-hydrogen) atoms. The lowest BCUT2D eigenvalue weighted by Gasteiger charge is -2.23. The predicted molar refractivity (Wildman–Crippen MR) is 86.8 cm³/mol. The average molecular weight is 345 g/mol. The molecule has 0 spiro atoms. The van der Waals surface area contributed by atoms with Crippen molar-refractivity contribution in [3.63, 3.8) is 0 Å². The number of halogens is 1. The van der Waals surface area contributed by atoms with Gasteiger partial charge in [-0.2, -0.15) is 4.98 Å². The molecule has 1 saturated heterocycles. The van der Waals surface area contributed by atoms with Gasteiger partial charge in [0.2, 0.25) is 5.89 Å². The van der Waals surface area contributed by atoms with E-state index in [1.807, 2.05) is 0 Å². The zero-order chi connectivity index (χ0) is 14.5. The van der Waals surface area contributed by atoms with Gasteiger partial charge in [-0.05, 0) is 24.3 Å². The van der Waals surface area contributed by atoms with Gasteiger partial charge in [-0.1, -0.05) is 11.2 Å². The first-order valence-corrected chi connectivity index (χ1v) is 8.09. The molecule has 2 aromatic rings. The fraction of sp³-hybridized carbons (Fsp3) is 0.571. The van der Waals surface area contributed by atoms with E-state index in [9.17, 15) is 0 Å². The van der Waals surface area contributed by atoms with Gasteiger partial charge in [0.25, 0.3) is 0 Å². The topological polar surface area (TPSA) is 77.4 Å². The van der Waals surface area contributed by atoms with Crippen molar-refractivity contribution < 1.29 is 9.26 Å². The molecule has 0 amide bonds. The zero-order valence-electron chi connectivity index (χ0n) is 12.3. The van der Waals surface area contributed by atoms with Gasteiger partial charge in [0.1, 0.15) is 0 Å². The maximum Gasteiger partial charge on any atom is 0.240 e. The summed E-state index contributed by atoms with van der Waals surface area (Å²) in [5.41, 5.74) is 5.51. The van der Waals surface area contributed by atoms with Crippen molar-refractivity contribution in [1.82, 2.24) is 15.0 Å². The highest BCUT2D eigenvalue weighted by Gasteiger charge is 2.21. The standard InChI is InChI=1S/C14H20N4O2S.ClH/c15-7-14-16-13(17-20-14)10-18(8-11-3-1-5-19-11)9-12-4-2-6-21-12;/h2,4,6,11H,1,3,5,7-10,15H2;1H. The Morgan fingerprint density at radius 3 is 2.95 bits per heavy atom.